The molecule has 20 heavy (non-hydrogen) atoms. The fourth-order valence-corrected chi connectivity index (χ4v) is 1.94. The Balaban J connectivity index is 0.000000830. The van der Waals surface area contributed by atoms with Gasteiger partial charge in [-0.15, -0.1) is 5.34 Å². The van der Waals surface area contributed by atoms with Crippen LogP contribution in [0.1, 0.15) is 0 Å². The van der Waals surface area contributed by atoms with Crippen molar-refractivity contribution in [3.05, 3.63) is 73.2 Å². The molecule has 0 fully saturated rings. The van der Waals surface area contributed by atoms with E-state index in [0.717, 1.165) is 20.9 Å². The summed E-state index contributed by atoms with van der Waals surface area (Å²) >= 11 is 3.39. The van der Waals surface area contributed by atoms with Gasteiger partial charge >= 0.3 is 29.6 Å². The molecule has 0 heterocycles. The Kier molecular flexibility index (Phi) is 8.98. The normalized spacial score (nSPS) is 8.65. The molecule has 2 aromatic carbocycles. The van der Waals surface area contributed by atoms with E-state index in [9.17, 15) is 10.1 Å². The third-order valence-corrected chi connectivity index (χ3v) is 2.94. The van der Waals surface area contributed by atoms with E-state index in [1.807, 2.05) is 30.3 Å². The first-order chi connectivity index (χ1) is 9.10. The quantitative estimate of drug-likeness (QED) is 0.354. The van der Waals surface area contributed by atoms with E-state index in [4.69, 9.17) is 10.1 Å². The Morgan fingerprint density at radius 3 is 2.15 bits per heavy atom. The number of non-ortho nitro benzene ring substituents is 1. The van der Waals surface area contributed by atoms with Crippen LogP contribution in [0, 0.1) is 20.2 Å². The number of hydrogen-bond donors (Lipinski definition) is 0. The topological polar surface area (TPSA) is 95.6 Å². The second-order valence-corrected chi connectivity index (χ2v) is 4.22. The third-order valence-electron chi connectivity index (χ3n) is 2.25. The molecule has 0 saturated carbocycles. The van der Waals surface area contributed by atoms with E-state index in [1.165, 1.54) is 6.07 Å². The third kappa shape index (κ3) is 5.38. The molecule has 0 atom stereocenters. The molecule has 0 aliphatic rings. The fourth-order valence-electron chi connectivity index (χ4n) is 1.47. The molecule has 0 N–H and O–H groups in total. The molecule has 0 aliphatic heterocycles. The Morgan fingerprint density at radius 2 is 1.65 bits per heavy atom. The zero-order chi connectivity index (χ0) is 14.3. The zero-order valence-corrected chi connectivity index (χ0v) is 14.1. The molecule has 0 aromatic heterocycles. The SMILES string of the molecule is O=N[O-].O=[N+]([O-])c1ccc(Br)c(-c2ccccc2)c1.[Na+]. The van der Waals surface area contributed by atoms with Crippen molar-refractivity contribution in [1.29, 1.82) is 0 Å². The van der Waals surface area contributed by atoms with Gasteiger partial charge in [0.15, 0.2) is 0 Å². The van der Waals surface area contributed by atoms with Gasteiger partial charge in [0.1, 0.15) is 0 Å². The van der Waals surface area contributed by atoms with Crippen LogP contribution in [0.3, 0.4) is 0 Å². The summed E-state index contributed by atoms with van der Waals surface area (Å²) < 4.78 is 0.851. The summed E-state index contributed by atoms with van der Waals surface area (Å²) in [6.07, 6.45) is 0. The molecule has 0 aliphatic carbocycles. The van der Waals surface area contributed by atoms with Gasteiger partial charge in [0.05, 0.1) is 4.92 Å². The number of halogens is 1. The summed E-state index contributed by atoms with van der Waals surface area (Å²) in [6, 6.07) is 14.3. The van der Waals surface area contributed by atoms with Crippen molar-refractivity contribution in [2.75, 3.05) is 0 Å². The number of benzene rings is 2. The predicted octanol–water partition coefficient (Wildman–Crippen LogP) is 1.28. The summed E-state index contributed by atoms with van der Waals surface area (Å²) in [6.45, 7) is 0. The van der Waals surface area contributed by atoms with Crippen molar-refractivity contribution in [2.24, 2.45) is 5.34 Å². The molecule has 0 spiro atoms. The maximum Gasteiger partial charge on any atom is 1.00 e. The maximum absolute atomic E-state index is 10.7. The molecule has 0 amide bonds. The molecule has 2 aromatic rings. The first-order valence-corrected chi connectivity index (χ1v) is 5.83. The Labute approximate surface area is 145 Å². The molecule has 98 valence electrons. The van der Waals surface area contributed by atoms with Crippen LogP contribution < -0.4 is 29.6 Å². The maximum atomic E-state index is 10.7. The van der Waals surface area contributed by atoms with Crippen LogP contribution in [0.5, 0.6) is 0 Å². The summed E-state index contributed by atoms with van der Waals surface area (Å²) in [5.74, 6) is 0. The standard InChI is InChI=1S/C12H8BrNO2.HNO2.Na/c13-12-7-6-10(14(15)16)8-11(12)9-4-2-1-3-5-9;2-1-3;/h1-8H;(H,2,3);/q;;+1/p-1. The number of nitrogens with zero attached hydrogens (tertiary/aromatic N) is 2. The van der Waals surface area contributed by atoms with Gasteiger partial charge in [0.25, 0.3) is 5.69 Å². The van der Waals surface area contributed by atoms with Gasteiger partial charge in [-0.1, -0.05) is 46.3 Å². The number of hydrogen-bond acceptors (Lipinski definition) is 5. The smallest absolute Gasteiger partial charge is 0.444 e. The molecule has 2 rings (SSSR count). The van der Waals surface area contributed by atoms with Crippen molar-refractivity contribution in [3.8, 4) is 11.1 Å². The first-order valence-electron chi connectivity index (χ1n) is 5.04. The average Bonchev–Trinajstić information content (AvgIpc) is 2.41. The Morgan fingerprint density at radius 1 is 1.10 bits per heavy atom. The minimum absolute atomic E-state index is 0. The van der Waals surface area contributed by atoms with E-state index >= 15 is 0 Å². The molecule has 0 bridgehead atoms. The monoisotopic (exact) mass is 346 g/mol. The predicted molar refractivity (Wildman–Crippen MR) is 75.4 cm³/mol. The number of nitro benzene ring substituents is 1. The van der Waals surface area contributed by atoms with Crippen LogP contribution >= 0.6 is 15.9 Å². The van der Waals surface area contributed by atoms with E-state index in [-0.39, 0.29) is 35.2 Å². The van der Waals surface area contributed by atoms with Crippen LogP contribution in [-0.2, 0) is 0 Å². The van der Waals surface area contributed by atoms with Crippen molar-refractivity contribution >= 4 is 21.6 Å². The van der Waals surface area contributed by atoms with Crippen molar-refractivity contribution in [2.45, 2.75) is 0 Å². The molecule has 0 radical (unpaired) electrons. The van der Waals surface area contributed by atoms with Gasteiger partial charge in [-0.2, -0.15) is 0 Å². The second-order valence-electron chi connectivity index (χ2n) is 3.36. The minimum Gasteiger partial charge on any atom is -0.444 e. The molecular weight excluding hydrogens is 339 g/mol. The van der Waals surface area contributed by atoms with E-state index < -0.39 is 4.92 Å². The molecule has 0 unspecified atom stereocenters. The molecule has 0 saturated heterocycles. The largest absolute Gasteiger partial charge is 1.00 e. The molecular formula is C12H8BrN2NaO4. The van der Waals surface area contributed by atoms with E-state index in [0.29, 0.717) is 0 Å². The van der Waals surface area contributed by atoms with Gasteiger partial charge in [-0.05, 0) is 11.6 Å². The van der Waals surface area contributed by atoms with Crippen molar-refractivity contribution < 1.29 is 34.5 Å². The van der Waals surface area contributed by atoms with Crippen LogP contribution in [-0.4, -0.2) is 4.92 Å². The summed E-state index contributed by atoms with van der Waals surface area (Å²) in [7, 11) is 0. The van der Waals surface area contributed by atoms with E-state index in [2.05, 4.69) is 15.9 Å². The first kappa shape index (κ1) is 18.7. The van der Waals surface area contributed by atoms with Crippen LogP contribution in [0.25, 0.3) is 11.1 Å². The summed E-state index contributed by atoms with van der Waals surface area (Å²) in [5.41, 5.74) is 1.88. The Bertz CT molecular complexity index is 581. The van der Waals surface area contributed by atoms with Gasteiger partial charge in [-0.3, -0.25) is 10.1 Å². The second kappa shape index (κ2) is 9.60. The van der Waals surface area contributed by atoms with E-state index in [1.54, 1.807) is 12.1 Å². The van der Waals surface area contributed by atoms with Crippen LogP contribution in [0.15, 0.2) is 58.3 Å². The Hall–Kier alpha value is -1.28. The number of rotatable bonds is 2. The van der Waals surface area contributed by atoms with Crippen LogP contribution in [0.2, 0.25) is 0 Å². The van der Waals surface area contributed by atoms with Crippen molar-refractivity contribution in [3.63, 3.8) is 0 Å². The average molecular weight is 347 g/mol. The summed E-state index contributed by atoms with van der Waals surface area (Å²) in [4.78, 5) is 18.3. The number of nitro groups is 1. The van der Waals surface area contributed by atoms with Crippen molar-refractivity contribution in [1.82, 2.24) is 0 Å². The van der Waals surface area contributed by atoms with Gasteiger partial charge in [0.2, 0.25) is 0 Å². The van der Waals surface area contributed by atoms with Gasteiger partial charge in [-0.25, -0.2) is 0 Å². The minimum atomic E-state index is -0.390. The molecule has 8 heteroatoms. The fraction of sp³-hybridized carbons (Fsp3) is 0. The zero-order valence-electron chi connectivity index (χ0n) is 10.5. The van der Waals surface area contributed by atoms with Gasteiger partial charge in [0, 0.05) is 22.2 Å². The molecule has 6 nitrogen and oxygen atoms in total. The summed E-state index contributed by atoms with van der Waals surface area (Å²) in [5, 5.41) is 19.7. The van der Waals surface area contributed by atoms with Gasteiger partial charge < -0.3 is 10.1 Å². The van der Waals surface area contributed by atoms with Crippen LogP contribution in [0.4, 0.5) is 5.69 Å².